The molecule has 4 aliphatic rings. The number of ether oxygens (including phenoxy) is 2. The van der Waals surface area contributed by atoms with Crippen molar-refractivity contribution in [3.05, 3.63) is 120 Å². The number of imide groups is 1. The van der Waals surface area contributed by atoms with Crippen molar-refractivity contribution < 1.29 is 66.1 Å². The zero-order valence-corrected chi connectivity index (χ0v) is 45.6. The van der Waals surface area contributed by atoms with Gasteiger partial charge in [0.25, 0.3) is 17.7 Å². The molecule has 0 spiro atoms. The number of likely N-dealkylation sites (tertiary alicyclic amines) is 2. The van der Waals surface area contributed by atoms with Crippen molar-refractivity contribution in [2.45, 2.75) is 115 Å². The molecular formula is C58H69F3N10O11. The number of nitrogens with two attached hydrogens (primary N) is 1. The molecule has 8 rings (SSSR count). The Labute approximate surface area is 472 Å². The first-order valence-electron chi connectivity index (χ1n) is 27.6. The average Bonchev–Trinajstić information content (AvgIpc) is 4.34. The number of carbonyl (C=O) groups excluding carboxylic acids is 8. The van der Waals surface area contributed by atoms with Gasteiger partial charge in [-0.2, -0.15) is 0 Å². The fourth-order valence-corrected chi connectivity index (χ4v) is 11.0. The minimum Gasteiger partial charge on any atom is -0.445 e. The van der Waals surface area contributed by atoms with Gasteiger partial charge in [-0.05, 0) is 91.8 Å². The number of alkyl halides is 1. The maximum atomic E-state index is 16.4. The minimum atomic E-state index is -1.87. The number of anilines is 1. The second-order valence-electron chi connectivity index (χ2n) is 21.4. The van der Waals surface area contributed by atoms with Gasteiger partial charge in [-0.15, -0.1) is 0 Å². The predicted octanol–water partition coefficient (Wildman–Crippen LogP) is 5.02. The molecule has 0 saturated carbocycles. The molecule has 5 heterocycles. The predicted molar refractivity (Wildman–Crippen MR) is 291 cm³/mol. The molecular weight excluding hydrogens is 1070 g/mol. The van der Waals surface area contributed by atoms with E-state index in [2.05, 4.69) is 21.3 Å². The molecule has 3 saturated heterocycles. The van der Waals surface area contributed by atoms with Crippen LogP contribution in [-0.4, -0.2) is 147 Å². The van der Waals surface area contributed by atoms with Crippen LogP contribution in [0.5, 0.6) is 0 Å². The Hall–Kier alpha value is -8.12. The molecule has 3 aromatic carbocycles. The zero-order chi connectivity index (χ0) is 58.6. The fourth-order valence-electron chi connectivity index (χ4n) is 11.0. The van der Waals surface area contributed by atoms with Crippen LogP contribution in [0.15, 0.2) is 91.1 Å². The number of carbonyl (C=O) groups is 8. The molecule has 1 aromatic heterocycles. The summed E-state index contributed by atoms with van der Waals surface area (Å²) in [5.41, 5.74) is 6.86. The third kappa shape index (κ3) is 14.9. The van der Waals surface area contributed by atoms with Gasteiger partial charge in [0.1, 0.15) is 42.3 Å². The second-order valence-corrected chi connectivity index (χ2v) is 21.4. The number of nitrogens with one attached hydrogen (secondary N) is 4. The lowest BCUT2D eigenvalue weighted by atomic mass is 9.84. The lowest BCUT2D eigenvalue weighted by molar-refractivity contribution is -0.157. The minimum absolute atomic E-state index is 0.0659. The summed E-state index contributed by atoms with van der Waals surface area (Å²) in [7, 11) is 0. The molecule has 9 amide bonds. The molecule has 21 nitrogen and oxygen atoms in total. The van der Waals surface area contributed by atoms with Crippen LogP contribution in [0.4, 0.5) is 28.4 Å². The number of amides is 9. The quantitative estimate of drug-likeness (QED) is 0.0399. The molecule has 0 aliphatic carbocycles. The van der Waals surface area contributed by atoms with Crippen molar-refractivity contribution in [2.75, 3.05) is 44.7 Å². The number of urea groups is 1. The molecule has 1 unspecified atom stereocenters. The Balaban J connectivity index is 0.892. The number of benzene rings is 3. The van der Waals surface area contributed by atoms with E-state index in [-0.39, 0.29) is 87.0 Å². The number of hydrogen-bond acceptors (Lipinski definition) is 12. The Morgan fingerprint density at radius 1 is 0.866 bits per heavy atom. The second kappa shape index (κ2) is 27.6. The van der Waals surface area contributed by atoms with Crippen LogP contribution in [0, 0.1) is 29.4 Å². The lowest BCUT2D eigenvalue weighted by Gasteiger charge is -2.46. The third-order valence-electron chi connectivity index (χ3n) is 15.3. The highest BCUT2D eigenvalue weighted by Gasteiger charge is 2.57. The van der Waals surface area contributed by atoms with E-state index < -0.39 is 96.3 Å². The average molecular weight is 1140 g/mol. The number of unbranched alkanes of at least 4 members (excludes halogenated alkanes) is 2. The first kappa shape index (κ1) is 60.0. The van der Waals surface area contributed by atoms with E-state index in [0.717, 1.165) is 33.6 Å². The van der Waals surface area contributed by atoms with Gasteiger partial charge in [-0.3, -0.25) is 38.6 Å². The maximum absolute atomic E-state index is 16.4. The van der Waals surface area contributed by atoms with Crippen molar-refractivity contribution in [2.24, 2.45) is 23.5 Å². The third-order valence-corrected chi connectivity index (χ3v) is 15.3. The summed E-state index contributed by atoms with van der Waals surface area (Å²) >= 11 is 0. The van der Waals surface area contributed by atoms with E-state index >= 15 is 8.78 Å². The number of fused-ring (bicyclic) bond motifs is 1. The maximum Gasteiger partial charge on any atom is 0.410 e. The molecule has 4 aliphatic heterocycles. The van der Waals surface area contributed by atoms with E-state index in [1.807, 2.05) is 30.3 Å². The van der Waals surface area contributed by atoms with Gasteiger partial charge in [-0.1, -0.05) is 62.7 Å². The van der Waals surface area contributed by atoms with Gasteiger partial charge < -0.3 is 51.0 Å². The number of hydrogen-bond donors (Lipinski definition) is 6. The Kier molecular flexibility index (Phi) is 20.2. The van der Waals surface area contributed by atoms with Crippen LogP contribution in [0.25, 0.3) is 11.3 Å². The van der Waals surface area contributed by atoms with Gasteiger partial charge in [0.2, 0.25) is 17.7 Å². The first-order valence-corrected chi connectivity index (χ1v) is 27.6. The smallest absolute Gasteiger partial charge is 0.410 e. The first-order chi connectivity index (χ1) is 39.4. The Bertz CT molecular complexity index is 2980. The molecule has 0 radical (unpaired) electrons. The van der Waals surface area contributed by atoms with Gasteiger partial charge in [0, 0.05) is 81.3 Å². The standard InChI is InChI=1S/C58H69F3N10O11/c1-34(2)49(67-46(72)13-7-4-8-25-69-47(73)20-21-48(69)74)55(77)66-44(12-9-24-63-57(62)79)54(76)64-39-17-14-36(15-18-39)33-82-58(80)71-31-43(61)41-30-70(56(78)52(75)51(41)71)50(37-22-26-81-27-23-37)53-65-45(40-28-38(59)16-19-42(40)60)32-68(53)29-35-10-5-3-6-11-35/h3,5-6,10-11,14-21,28,32,34,37,41,43-44,49-52,75H,4,7-9,12-13,22-27,29-31,33H2,1-2H3,(H,64,76)(H,66,77)(H,67,72)(H3,62,63,79)/t41-,43-,44+,49+,50-,51?,52+/m1/s1. The molecule has 0 bridgehead atoms. The van der Waals surface area contributed by atoms with Crippen molar-refractivity contribution >= 4 is 53.3 Å². The Morgan fingerprint density at radius 2 is 1.59 bits per heavy atom. The molecule has 24 heteroatoms. The molecule has 7 N–H and O–H groups in total. The van der Waals surface area contributed by atoms with Crippen LogP contribution in [0.3, 0.4) is 0 Å². The van der Waals surface area contributed by atoms with Gasteiger partial charge in [0.15, 0.2) is 6.10 Å². The van der Waals surface area contributed by atoms with Crippen molar-refractivity contribution in [1.29, 1.82) is 0 Å². The molecule has 438 valence electrons. The van der Waals surface area contributed by atoms with E-state index in [0.29, 0.717) is 62.4 Å². The summed E-state index contributed by atoms with van der Waals surface area (Å²) in [5.74, 6) is -5.94. The van der Waals surface area contributed by atoms with Crippen LogP contribution in [-0.2, 0) is 51.4 Å². The van der Waals surface area contributed by atoms with Gasteiger partial charge in [0.05, 0.1) is 24.3 Å². The topological polar surface area (TPSA) is 277 Å². The summed E-state index contributed by atoms with van der Waals surface area (Å²) in [6, 6.07) is 13.5. The summed E-state index contributed by atoms with van der Waals surface area (Å²) in [6.07, 6.45) is 2.30. The summed E-state index contributed by atoms with van der Waals surface area (Å²) in [6.45, 7) is 3.75. The summed E-state index contributed by atoms with van der Waals surface area (Å²) < 4.78 is 59.4. The van der Waals surface area contributed by atoms with Crippen LogP contribution in [0.2, 0.25) is 0 Å². The van der Waals surface area contributed by atoms with E-state index in [9.17, 15) is 47.9 Å². The normalized spacial score (nSPS) is 20.1. The number of piperidine rings is 1. The van der Waals surface area contributed by atoms with E-state index in [4.69, 9.17) is 20.2 Å². The zero-order valence-electron chi connectivity index (χ0n) is 45.6. The van der Waals surface area contributed by atoms with Gasteiger partial charge in [-0.25, -0.2) is 27.7 Å². The summed E-state index contributed by atoms with van der Waals surface area (Å²) in [4.78, 5) is 112. The molecule has 7 atom stereocenters. The fraction of sp³-hybridized carbons (Fsp3) is 0.466. The van der Waals surface area contributed by atoms with Crippen molar-refractivity contribution in [3.8, 4) is 11.3 Å². The van der Waals surface area contributed by atoms with Crippen molar-refractivity contribution in [1.82, 2.24) is 40.2 Å². The SMILES string of the molecule is CC(C)[C@H](NC(=O)CCCCCN1C(=O)C=CC1=O)C(=O)N[C@@H](CCCNC(N)=O)C(=O)Nc1ccc(COC(=O)N2C[C@@H](F)[C@H]3CN([C@@H](c4nc(-c5cc(F)ccc5F)cn4Cc4ccccc4)C4CCOCC4)C(=O)[C@@H](O)C32)cc1. The van der Waals surface area contributed by atoms with Crippen molar-refractivity contribution in [3.63, 3.8) is 0 Å². The lowest BCUT2D eigenvalue weighted by Crippen LogP contribution is -2.61. The number of nitrogens with zero attached hydrogens (tertiary/aromatic N) is 5. The number of aromatic nitrogens is 2. The number of halogens is 3. The van der Waals surface area contributed by atoms with Gasteiger partial charge >= 0.3 is 12.1 Å². The van der Waals surface area contributed by atoms with Crippen LogP contribution >= 0.6 is 0 Å². The highest BCUT2D eigenvalue weighted by Crippen LogP contribution is 2.43. The monoisotopic (exact) mass is 1140 g/mol. The highest BCUT2D eigenvalue weighted by molar-refractivity contribution is 6.12. The number of aliphatic hydroxyl groups excluding tert-OH is 1. The number of primary amides is 1. The van der Waals surface area contributed by atoms with E-state index in [1.54, 1.807) is 36.7 Å². The number of rotatable bonds is 24. The summed E-state index contributed by atoms with van der Waals surface area (Å²) in [5, 5.41) is 22.5. The molecule has 4 aromatic rings. The van der Waals surface area contributed by atoms with E-state index in [1.165, 1.54) is 29.2 Å². The largest absolute Gasteiger partial charge is 0.445 e. The molecule has 3 fully saturated rings. The van der Waals surface area contributed by atoms with Crippen LogP contribution in [0.1, 0.15) is 88.2 Å². The number of aliphatic hydroxyl groups is 1. The Morgan fingerprint density at radius 3 is 2.28 bits per heavy atom. The van der Waals surface area contributed by atoms with Crippen LogP contribution < -0.4 is 27.0 Å². The number of imidazole rings is 1. The highest BCUT2D eigenvalue weighted by atomic mass is 19.1. The molecule has 82 heavy (non-hydrogen) atoms.